The van der Waals surface area contributed by atoms with E-state index in [1.807, 2.05) is 0 Å². The molecule has 3 rings (SSSR count). The number of amides is 1. The van der Waals surface area contributed by atoms with Gasteiger partial charge in [0.2, 0.25) is 0 Å². The van der Waals surface area contributed by atoms with Crippen molar-refractivity contribution in [3.8, 4) is 5.75 Å². The maximum Gasteiger partial charge on any atom is 0.259 e. The molecule has 0 aromatic heterocycles. The monoisotopic (exact) mass is 407 g/mol. The number of ether oxygens (including phenoxy) is 2. The summed E-state index contributed by atoms with van der Waals surface area (Å²) < 4.78 is 49.2. The molecule has 1 heterocycles. The highest BCUT2D eigenvalue weighted by Crippen LogP contribution is 2.26. The number of hydrogen-bond donors (Lipinski definition) is 1. The molecule has 1 N–H and O–H groups in total. The first-order chi connectivity index (χ1) is 13.4. The molecule has 1 fully saturated rings. The molecular formula is C20H22FNO5S. The van der Waals surface area contributed by atoms with Crippen LogP contribution in [0.1, 0.15) is 23.2 Å². The number of sulfone groups is 1. The van der Waals surface area contributed by atoms with Crippen molar-refractivity contribution in [2.75, 3.05) is 31.4 Å². The minimum Gasteiger partial charge on any atom is -0.496 e. The SMILES string of the molecule is COc1ccc(S(=O)(=O)C[C@H]2CCCOC2)cc1C(=O)Nc1ccc(F)cc1. The Labute approximate surface area is 163 Å². The summed E-state index contributed by atoms with van der Waals surface area (Å²) in [6.07, 6.45) is 1.64. The van der Waals surface area contributed by atoms with Gasteiger partial charge in [-0.15, -0.1) is 0 Å². The molecule has 150 valence electrons. The van der Waals surface area contributed by atoms with Gasteiger partial charge in [0.15, 0.2) is 9.84 Å². The Morgan fingerprint density at radius 2 is 2.00 bits per heavy atom. The summed E-state index contributed by atoms with van der Waals surface area (Å²) in [5.41, 5.74) is 0.480. The van der Waals surface area contributed by atoms with Crippen LogP contribution < -0.4 is 10.1 Å². The van der Waals surface area contributed by atoms with Crippen LogP contribution in [0.5, 0.6) is 5.75 Å². The van der Waals surface area contributed by atoms with Gasteiger partial charge in [-0.3, -0.25) is 4.79 Å². The number of anilines is 1. The zero-order valence-electron chi connectivity index (χ0n) is 15.5. The number of nitrogens with one attached hydrogen (secondary N) is 1. The van der Waals surface area contributed by atoms with E-state index in [1.165, 1.54) is 49.6 Å². The molecule has 2 aromatic carbocycles. The van der Waals surface area contributed by atoms with Gasteiger partial charge in [0.05, 0.1) is 29.9 Å². The van der Waals surface area contributed by atoms with Crippen molar-refractivity contribution >= 4 is 21.4 Å². The molecule has 1 amide bonds. The van der Waals surface area contributed by atoms with Crippen LogP contribution in [-0.2, 0) is 14.6 Å². The fourth-order valence-corrected chi connectivity index (χ4v) is 4.78. The Kier molecular flexibility index (Phi) is 6.31. The summed E-state index contributed by atoms with van der Waals surface area (Å²) in [6, 6.07) is 9.50. The van der Waals surface area contributed by atoms with Crippen LogP contribution in [0.4, 0.5) is 10.1 Å². The van der Waals surface area contributed by atoms with Crippen molar-refractivity contribution in [2.45, 2.75) is 17.7 Å². The first-order valence-electron chi connectivity index (χ1n) is 8.94. The number of halogens is 1. The minimum atomic E-state index is -3.58. The Morgan fingerprint density at radius 1 is 1.25 bits per heavy atom. The zero-order chi connectivity index (χ0) is 20.1. The third kappa shape index (κ3) is 4.88. The van der Waals surface area contributed by atoms with E-state index in [9.17, 15) is 17.6 Å². The van der Waals surface area contributed by atoms with E-state index in [2.05, 4.69) is 5.32 Å². The van der Waals surface area contributed by atoms with E-state index in [4.69, 9.17) is 9.47 Å². The highest BCUT2D eigenvalue weighted by molar-refractivity contribution is 7.91. The van der Waals surface area contributed by atoms with Gasteiger partial charge in [-0.05, 0) is 61.2 Å². The second-order valence-corrected chi connectivity index (χ2v) is 8.72. The van der Waals surface area contributed by atoms with Crippen LogP contribution in [0, 0.1) is 11.7 Å². The third-order valence-electron chi connectivity index (χ3n) is 4.59. The molecular weight excluding hydrogens is 385 g/mol. The lowest BCUT2D eigenvalue weighted by Crippen LogP contribution is -2.25. The van der Waals surface area contributed by atoms with Gasteiger partial charge in [0, 0.05) is 12.3 Å². The topological polar surface area (TPSA) is 81.7 Å². The molecule has 0 radical (unpaired) electrons. The molecule has 8 heteroatoms. The van der Waals surface area contributed by atoms with Crippen LogP contribution in [0.2, 0.25) is 0 Å². The molecule has 1 atom stereocenters. The predicted molar refractivity (Wildman–Crippen MR) is 103 cm³/mol. The molecule has 1 aliphatic heterocycles. The quantitative estimate of drug-likeness (QED) is 0.795. The second kappa shape index (κ2) is 8.70. The first kappa shape index (κ1) is 20.3. The Morgan fingerprint density at radius 3 is 2.64 bits per heavy atom. The molecule has 28 heavy (non-hydrogen) atoms. The first-order valence-corrected chi connectivity index (χ1v) is 10.6. The van der Waals surface area contributed by atoms with Gasteiger partial charge in [0.1, 0.15) is 11.6 Å². The molecule has 0 bridgehead atoms. The predicted octanol–water partition coefficient (Wildman–Crippen LogP) is 3.29. The standard InChI is InChI=1S/C20H22FNO5S/c1-26-19-9-8-17(28(24,25)13-14-3-2-10-27-12-14)11-18(19)20(23)22-16-6-4-15(21)5-7-16/h4-9,11,14H,2-3,10,12-13H2,1H3,(H,22,23)/t14-/m0/s1. The van der Waals surface area contributed by atoms with Crippen LogP contribution in [0.25, 0.3) is 0 Å². The normalized spacial score (nSPS) is 17.1. The van der Waals surface area contributed by atoms with E-state index < -0.39 is 21.6 Å². The zero-order valence-corrected chi connectivity index (χ0v) is 16.3. The summed E-state index contributed by atoms with van der Waals surface area (Å²) in [6.45, 7) is 1.08. The maximum atomic E-state index is 13.0. The third-order valence-corrected chi connectivity index (χ3v) is 6.47. The highest BCUT2D eigenvalue weighted by atomic mass is 32.2. The molecule has 2 aromatic rings. The van der Waals surface area contributed by atoms with Crippen molar-refractivity contribution in [1.29, 1.82) is 0 Å². The van der Waals surface area contributed by atoms with Crippen LogP contribution in [0.3, 0.4) is 0 Å². The maximum absolute atomic E-state index is 13.0. The number of methoxy groups -OCH3 is 1. The van der Waals surface area contributed by atoms with E-state index in [0.29, 0.717) is 18.9 Å². The Balaban J connectivity index is 1.84. The van der Waals surface area contributed by atoms with Gasteiger partial charge < -0.3 is 14.8 Å². The van der Waals surface area contributed by atoms with Gasteiger partial charge in [-0.2, -0.15) is 0 Å². The highest BCUT2D eigenvalue weighted by Gasteiger charge is 2.25. The van der Waals surface area contributed by atoms with E-state index >= 15 is 0 Å². The van der Waals surface area contributed by atoms with Gasteiger partial charge in [0.25, 0.3) is 5.91 Å². The van der Waals surface area contributed by atoms with E-state index in [0.717, 1.165) is 12.8 Å². The summed E-state index contributed by atoms with van der Waals surface area (Å²) in [5, 5.41) is 2.62. The van der Waals surface area contributed by atoms with Crippen molar-refractivity contribution in [2.24, 2.45) is 5.92 Å². The largest absolute Gasteiger partial charge is 0.496 e. The second-order valence-electron chi connectivity index (χ2n) is 6.69. The molecule has 0 aliphatic carbocycles. The fourth-order valence-electron chi connectivity index (χ4n) is 3.14. The van der Waals surface area contributed by atoms with E-state index in [1.54, 1.807) is 0 Å². The average Bonchev–Trinajstić information content (AvgIpc) is 2.69. The Hall–Kier alpha value is -2.45. The summed E-state index contributed by atoms with van der Waals surface area (Å²) in [7, 11) is -2.18. The summed E-state index contributed by atoms with van der Waals surface area (Å²) in [5.74, 6) is -0.799. The van der Waals surface area contributed by atoms with Crippen LogP contribution >= 0.6 is 0 Å². The van der Waals surface area contributed by atoms with Crippen molar-refractivity contribution in [3.05, 3.63) is 53.8 Å². The smallest absolute Gasteiger partial charge is 0.259 e. The molecule has 0 unspecified atom stereocenters. The minimum absolute atomic E-state index is 0.0294. The van der Waals surface area contributed by atoms with Crippen molar-refractivity contribution < 1.29 is 27.1 Å². The molecule has 6 nitrogen and oxygen atoms in total. The van der Waals surface area contributed by atoms with Crippen LogP contribution in [0.15, 0.2) is 47.4 Å². The van der Waals surface area contributed by atoms with Crippen molar-refractivity contribution in [1.82, 2.24) is 0 Å². The molecule has 0 saturated carbocycles. The Bertz CT molecular complexity index is 938. The molecule has 1 saturated heterocycles. The number of benzene rings is 2. The average molecular weight is 407 g/mol. The number of hydrogen-bond acceptors (Lipinski definition) is 5. The van der Waals surface area contributed by atoms with Gasteiger partial charge in [-0.25, -0.2) is 12.8 Å². The van der Waals surface area contributed by atoms with Gasteiger partial charge >= 0.3 is 0 Å². The lowest BCUT2D eigenvalue weighted by atomic mass is 10.1. The van der Waals surface area contributed by atoms with E-state index in [-0.39, 0.29) is 27.9 Å². The summed E-state index contributed by atoms with van der Waals surface area (Å²) in [4.78, 5) is 12.7. The fraction of sp³-hybridized carbons (Fsp3) is 0.350. The lowest BCUT2D eigenvalue weighted by molar-refractivity contribution is 0.0626. The molecule has 0 spiro atoms. The lowest BCUT2D eigenvalue weighted by Gasteiger charge is -2.22. The van der Waals surface area contributed by atoms with Crippen LogP contribution in [-0.4, -0.2) is 40.4 Å². The number of carbonyl (C=O) groups is 1. The number of rotatable bonds is 6. The number of carbonyl (C=O) groups excluding carboxylic acids is 1. The molecule has 1 aliphatic rings. The van der Waals surface area contributed by atoms with Gasteiger partial charge in [-0.1, -0.05) is 0 Å². The summed E-state index contributed by atoms with van der Waals surface area (Å²) >= 11 is 0. The van der Waals surface area contributed by atoms with Crippen molar-refractivity contribution in [3.63, 3.8) is 0 Å².